The Morgan fingerprint density at radius 2 is 2.06 bits per heavy atom. The molecule has 8 nitrogen and oxygen atoms in total. The van der Waals surface area contributed by atoms with Crippen molar-refractivity contribution in [2.45, 2.75) is 0 Å². The van der Waals surface area contributed by atoms with Crippen LogP contribution in [0.4, 0.5) is 27.4 Å². The van der Waals surface area contributed by atoms with E-state index < -0.39 is 11.7 Å². The number of nitrogens with one attached hydrogen (secondary N) is 2. The summed E-state index contributed by atoms with van der Waals surface area (Å²) in [6, 6.07) is 11.6. The SMILES string of the molecule is C=CC(=O)Nc1cc(-c2nc(Nc3ccc(Cl)c(N4CCOCC4)c3)ncc2C#N)ccc1F. The van der Waals surface area contributed by atoms with E-state index in [-0.39, 0.29) is 22.9 Å². The number of hydrogen-bond donors (Lipinski definition) is 2. The van der Waals surface area contributed by atoms with Crippen LogP contribution in [-0.2, 0) is 9.53 Å². The van der Waals surface area contributed by atoms with Crippen molar-refractivity contribution in [3.05, 3.63) is 71.7 Å². The summed E-state index contributed by atoms with van der Waals surface area (Å²) in [5.74, 6) is -0.938. The summed E-state index contributed by atoms with van der Waals surface area (Å²) in [5.41, 5.74) is 2.45. The number of carbonyl (C=O) groups excluding carboxylic acids is 1. The van der Waals surface area contributed by atoms with Gasteiger partial charge in [-0.1, -0.05) is 18.2 Å². The van der Waals surface area contributed by atoms with Crippen LogP contribution < -0.4 is 15.5 Å². The van der Waals surface area contributed by atoms with Gasteiger partial charge in [0.2, 0.25) is 11.9 Å². The molecule has 0 unspecified atom stereocenters. The number of ether oxygens (including phenoxy) is 1. The summed E-state index contributed by atoms with van der Waals surface area (Å²) in [6.45, 7) is 6.08. The first-order chi connectivity index (χ1) is 16.5. The predicted molar refractivity (Wildman–Crippen MR) is 129 cm³/mol. The van der Waals surface area contributed by atoms with Gasteiger partial charge in [0.1, 0.15) is 11.9 Å². The van der Waals surface area contributed by atoms with Crippen molar-refractivity contribution in [1.82, 2.24) is 9.97 Å². The zero-order chi connectivity index (χ0) is 24.1. The molecule has 2 aromatic carbocycles. The number of carbonyl (C=O) groups is 1. The van der Waals surface area contributed by atoms with E-state index in [9.17, 15) is 14.4 Å². The summed E-state index contributed by atoms with van der Waals surface area (Å²) >= 11 is 6.41. The maximum atomic E-state index is 14.2. The molecule has 4 rings (SSSR count). The van der Waals surface area contributed by atoms with Crippen LogP contribution >= 0.6 is 11.6 Å². The highest BCUT2D eigenvalue weighted by atomic mass is 35.5. The number of nitrogens with zero attached hydrogens (tertiary/aromatic N) is 4. The van der Waals surface area contributed by atoms with Gasteiger partial charge in [0.15, 0.2) is 0 Å². The summed E-state index contributed by atoms with van der Waals surface area (Å²) < 4.78 is 19.6. The molecule has 1 aliphatic rings. The van der Waals surface area contributed by atoms with Crippen LogP contribution in [0.1, 0.15) is 5.56 Å². The summed E-state index contributed by atoms with van der Waals surface area (Å²) in [7, 11) is 0. The third-order valence-corrected chi connectivity index (χ3v) is 5.47. The van der Waals surface area contributed by atoms with Gasteiger partial charge in [0, 0.05) is 24.3 Å². The number of hydrogen-bond acceptors (Lipinski definition) is 7. The molecule has 0 bridgehead atoms. The molecule has 1 aliphatic heterocycles. The van der Waals surface area contributed by atoms with Gasteiger partial charge in [-0.2, -0.15) is 5.26 Å². The van der Waals surface area contributed by atoms with Gasteiger partial charge in [0.25, 0.3) is 0 Å². The molecule has 1 amide bonds. The lowest BCUT2D eigenvalue weighted by atomic mass is 10.1. The van der Waals surface area contributed by atoms with Crippen LogP contribution in [0.25, 0.3) is 11.3 Å². The molecular weight excluding hydrogens is 459 g/mol. The number of morpholine rings is 1. The minimum absolute atomic E-state index is 0.0488. The monoisotopic (exact) mass is 478 g/mol. The van der Waals surface area contributed by atoms with Crippen molar-refractivity contribution < 1.29 is 13.9 Å². The van der Waals surface area contributed by atoms with Gasteiger partial charge in [-0.15, -0.1) is 0 Å². The number of anilines is 4. The Morgan fingerprint density at radius 3 is 2.79 bits per heavy atom. The van der Waals surface area contributed by atoms with E-state index in [1.165, 1.54) is 24.4 Å². The van der Waals surface area contributed by atoms with E-state index in [1.807, 2.05) is 12.1 Å². The van der Waals surface area contributed by atoms with E-state index >= 15 is 0 Å². The van der Waals surface area contributed by atoms with Gasteiger partial charge in [0.05, 0.1) is 47.1 Å². The molecule has 0 saturated carbocycles. The van der Waals surface area contributed by atoms with E-state index in [4.69, 9.17) is 16.3 Å². The predicted octanol–water partition coefficient (Wildman–Crippen LogP) is 4.51. The fourth-order valence-electron chi connectivity index (χ4n) is 3.46. The average Bonchev–Trinajstić information content (AvgIpc) is 2.87. The molecule has 10 heteroatoms. The number of amides is 1. The lowest BCUT2D eigenvalue weighted by molar-refractivity contribution is -0.111. The largest absolute Gasteiger partial charge is 0.378 e. The lowest BCUT2D eigenvalue weighted by Gasteiger charge is -2.29. The van der Waals surface area contributed by atoms with Crippen molar-refractivity contribution in [2.75, 3.05) is 41.8 Å². The number of nitriles is 1. The van der Waals surface area contributed by atoms with Crippen LogP contribution in [0.2, 0.25) is 5.02 Å². The topological polar surface area (TPSA) is 103 Å². The van der Waals surface area contributed by atoms with Gasteiger partial charge < -0.3 is 20.3 Å². The second kappa shape index (κ2) is 10.3. The number of aromatic nitrogens is 2. The fourth-order valence-corrected chi connectivity index (χ4v) is 3.70. The van der Waals surface area contributed by atoms with Crippen LogP contribution in [-0.4, -0.2) is 42.2 Å². The fraction of sp³-hybridized carbons (Fsp3) is 0.167. The molecule has 0 radical (unpaired) electrons. The molecule has 1 aromatic heterocycles. The molecule has 0 spiro atoms. The Morgan fingerprint density at radius 1 is 1.26 bits per heavy atom. The van der Waals surface area contributed by atoms with E-state index in [2.05, 4.69) is 32.1 Å². The van der Waals surface area contributed by atoms with Gasteiger partial charge in [-0.05, 0) is 42.5 Å². The second-order valence-corrected chi connectivity index (χ2v) is 7.75. The molecule has 172 valence electrons. The first kappa shape index (κ1) is 23.2. The summed E-state index contributed by atoms with van der Waals surface area (Å²) in [6.07, 6.45) is 2.42. The highest BCUT2D eigenvalue weighted by molar-refractivity contribution is 6.33. The van der Waals surface area contributed by atoms with E-state index in [0.717, 1.165) is 24.9 Å². The second-order valence-electron chi connectivity index (χ2n) is 7.35. The number of halogens is 2. The lowest BCUT2D eigenvalue weighted by Crippen LogP contribution is -2.36. The van der Waals surface area contributed by atoms with Crippen molar-refractivity contribution in [2.24, 2.45) is 0 Å². The van der Waals surface area contributed by atoms with Crippen molar-refractivity contribution >= 4 is 40.5 Å². The first-order valence-corrected chi connectivity index (χ1v) is 10.8. The van der Waals surface area contributed by atoms with Crippen LogP contribution in [0.3, 0.4) is 0 Å². The van der Waals surface area contributed by atoms with Crippen molar-refractivity contribution in [1.29, 1.82) is 5.26 Å². The van der Waals surface area contributed by atoms with Crippen LogP contribution in [0, 0.1) is 17.1 Å². The van der Waals surface area contributed by atoms with Gasteiger partial charge in [-0.3, -0.25) is 4.79 Å². The van der Waals surface area contributed by atoms with Gasteiger partial charge in [-0.25, -0.2) is 14.4 Å². The highest BCUT2D eigenvalue weighted by Crippen LogP contribution is 2.31. The average molecular weight is 479 g/mol. The van der Waals surface area contributed by atoms with Crippen molar-refractivity contribution in [3.8, 4) is 17.3 Å². The molecule has 0 atom stereocenters. The Bertz CT molecular complexity index is 1290. The minimum Gasteiger partial charge on any atom is -0.378 e. The first-order valence-electron chi connectivity index (χ1n) is 10.4. The van der Waals surface area contributed by atoms with Gasteiger partial charge >= 0.3 is 0 Å². The molecule has 2 N–H and O–H groups in total. The molecule has 1 saturated heterocycles. The maximum Gasteiger partial charge on any atom is 0.247 e. The molecule has 34 heavy (non-hydrogen) atoms. The molecule has 1 fully saturated rings. The summed E-state index contributed by atoms with van der Waals surface area (Å²) in [5, 5.41) is 15.7. The third kappa shape index (κ3) is 5.14. The van der Waals surface area contributed by atoms with E-state index in [1.54, 1.807) is 12.1 Å². The third-order valence-electron chi connectivity index (χ3n) is 5.15. The smallest absolute Gasteiger partial charge is 0.247 e. The van der Waals surface area contributed by atoms with Crippen LogP contribution in [0.15, 0.2) is 55.3 Å². The normalized spacial score (nSPS) is 13.1. The zero-order valence-electron chi connectivity index (χ0n) is 18.0. The molecule has 3 aromatic rings. The Labute approximate surface area is 200 Å². The van der Waals surface area contributed by atoms with Crippen molar-refractivity contribution in [3.63, 3.8) is 0 Å². The number of benzene rings is 2. The Balaban J connectivity index is 1.65. The Hall–Kier alpha value is -4.00. The van der Waals surface area contributed by atoms with E-state index in [0.29, 0.717) is 29.5 Å². The molecule has 2 heterocycles. The zero-order valence-corrected chi connectivity index (χ0v) is 18.8. The molecular formula is C24H20ClFN6O2. The summed E-state index contributed by atoms with van der Waals surface area (Å²) in [4.78, 5) is 22.5. The molecule has 0 aliphatic carbocycles. The standard InChI is InChI=1S/C24H20ClFN6O2/c1-2-22(33)30-20-11-15(3-6-19(20)26)23-16(13-27)14-28-24(31-23)29-17-4-5-18(25)21(12-17)32-7-9-34-10-8-32/h2-6,11-12,14H,1,7-10H2,(H,30,33)(H,28,29,31). The number of rotatable bonds is 6. The minimum atomic E-state index is -0.623. The van der Waals surface area contributed by atoms with Crippen LogP contribution in [0.5, 0.6) is 0 Å². The maximum absolute atomic E-state index is 14.2. The highest BCUT2D eigenvalue weighted by Gasteiger charge is 2.16. The quantitative estimate of drug-likeness (QED) is 0.502. The Kier molecular flexibility index (Phi) is 7.01.